The Morgan fingerprint density at radius 1 is 1.19 bits per heavy atom. The van der Waals surface area contributed by atoms with Crippen molar-refractivity contribution in [1.29, 1.82) is 0 Å². The minimum absolute atomic E-state index is 0.220. The van der Waals surface area contributed by atoms with Crippen LogP contribution < -0.4 is 26.2 Å². The zero-order chi connectivity index (χ0) is 25.7. The first-order valence-electron chi connectivity index (χ1n) is 12.2. The summed E-state index contributed by atoms with van der Waals surface area (Å²) >= 11 is 6.39. The molecule has 0 bridgehead atoms. The van der Waals surface area contributed by atoms with Crippen LogP contribution in [0.2, 0.25) is 0 Å². The van der Waals surface area contributed by atoms with E-state index in [1.807, 2.05) is 56.3 Å². The summed E-state index contributed by atoms with van der Waals surface area (Å²) in [5.41, 5.74) is 1.64. The van der Waals surface area contributed by atoms with Gasteiger partial charge in [0.25, 0.3) is 11.5 Å². The highest BCUT2D eigenvalue weighted by molar-refractivity contribution is 6.44. The molecule has 1 aliphatic rings. The van der Waals surface area contributed by atoms with Crippen molar-refractivity contribution in [1.82, 2.24) is 14.9 Å². The number of aromatic nitrogens is 2. The first kappa shape index (κ1) is 25.7. The highest BCUT2D eigenvalue weighted by Gasteiger charge is 2.23. The van der Waals surface area contributed by atoms with Gasteiger partial charge in [-0.05, 0) is 55.8 Å². The lowest BCUT2D eigenvalue weighted by Gasteiger charge is -2.29. The fraction of sp³-hybridized carbons (Fsp3) is 0.321. The van der Waals surface area contributed by atoms with Gasteiger partial charge < -0.3 is 15.0 Å². The van der Waals surface area contributed by atoms with Gasteiger partial charge in [-0.3, -0.25) is 14.2 Å². The number of ether oxygens (including phenoxy) is 1. The number of hydrogen-bond acceptors (Lipinski definition) is 5. The van der Waals surface area contributed by atoms with Crippen molar-refractivity contribution < 1.29 is 9.53 Å². The molecule has 36 heavy (non-hydrogen) atoms. The van der Waals surface area contributed by atoms with Gasteiger partial charge in [0.05, 0.1) is 30.0 Å². The molecule has 1 amide bonds. The third-order valence-corrected chi connectivity index (χ3v) is 6.37. The number of halogens is 1. The van der Waals surface area contributed by atoms with Crippen LogP contribution in [-0.2, 0) is 4.74 Å². The molecule has 0 aliphatic carbocycles. The molecule has 1 N–H and O–H groups in total. The van der Waals surface area contributed by atoms with Crippen LogP contribution in [-0.4, -0.2) is 41.8 Å². The first-order chi connectivity index (χ1) is 17.4. The number of benzene rings is 1. The maximum Gasteiger partial charge on any atom is 0.264 e. The van der Waals surface area contributed by atoms with Crippen LogP contribution in [0.4, 0.5) is 5.82 Å². The van der Waals surface area contributed by atoms with Gasteiger partial charge >= 0.3 is 0 Å². The van der Waals surface area contributed by atoms with Crippen LogP contribution in [0, 0.1) is 0 Å². The molecule has 1 atom stereocenters. The maximum absolute atomic E-state index is 13.7. The minimum atomic E-state index is -0.475. The number of morpholine rings is 1. The summed E-state index contributed by atoms with van der Waals surface area (Å²) < 4.78 is 7.08. The fourth-order valence-electron chi connectivity index (χ4n) is 4.49. The van der Waals surface area contributed by atoms with Gasteiger partial charge in [-0.15, -0.1) is 0 Å². The second-order valence-corrected chi connectivity index (χ2v) is 9.26. The summed E-state index contributed by atoms with van der Waals surface area (Å²) in [4.78, 5) is 33.8. The summed E-state index contributed by atoms with van der Waals surface area (Å²) in [6, 6.07) is 14.4. The molecular weight excluding hydrogens is 476 g/mol. The molecule has 1 saturated heterocycles. The molecule has 1 aromatic carbocycles. The highest BCUT2D eigenvalue weighted by Crippen LogP contribution is 2.21. The molecule has 0 radical (unpaired) electrons. The predicted molar refractivity (Wildman–Crippen MR) is 144 cm³/mol. The SMILES string of the molecule is CCC=c1cc(C(C)NC(=O)c2cccnc2N2CCOCC2)n(-c2ccccc2)c(=O)c1=C(C)Cl. The second-order valence-electron chi connectivity index (χ2n) is 8.69. The standard InChI is InChI=1S/C28H31ClN4O3/c1-4-9-21-18-24(33(22-10-6-5-7-11-22)28(35)25(21)19(2)29)20(3)31-27(34)23-12-8-13-30-26(23)32-14-16-36-17-15-32/h5-13,18,20H,4,14-17H2,1-3H3,(H,31,34). The number of nitrogens with zero attached hydrogens (tertiary/aromatic N) is 3. The first-order valence-corrected chi connectivity index (χ1v) is 12.6. The maximum atomic E-state index is 13.7. The van der Waals surface area contributed by atoms with Crippen LogP contribution in [0.5, 0.6) is 0 Å². The molecule has 1 unspecified atom stereocenters. The number of carbonyl (C=O) groups is 1. The molecular formula is C28H31ClN4O3. The lowest BCUT2D eigenvalue weighted by atomic mass is 10.1. The summed E-state index contributed by atoms with van der Waals surface area (Å²) in [7, 11) is 0. The van der Waals surface area contributed by atoms with Gasteiger partial charge in [0, 0.05) is 35.7 Å². The predicted octanol–water partition coefficient (Wildman–Crippen LogP) is 3.12. The Hall–Kier alpha value is -3.42. The molecule has 7 nitrogen and oxygen atoms in total. The average molecular weight is 507 g/mol. The molecule has 188 valence electrons. The smallest absolute Gasteiger partial charge is 0.264 e. The van der Waals surface area contributed by atoms with Gasteiger partial charge in [-0.2, -0.15) is 0 Å². The van der Waals surface area contributed by atoms with Crippen molar-refractivity contribution in [3.8, 4) is 5.69 Å². The quantitative estimate of drug-likeness (QED) is 0.556. The molecule has 0 spiro atoms. The zero-order valence-corrected chi connectivity index (χ0v) is 21.6. The normalized spacial score (nSPS) is 16.0. The minimum Gasteiger partial charge on any atom is -0.378 e. The van der Waals surface area contributed by atoms with Crippen LogP contribution in [0.15, 0.2) is 59.5 Å². The van der Waals surface area contributed by atoms with Gasteiger partial charge in [-0.1, -0.05) is 42.8 Å². The monoisotopic (exact) mass is 506 g/mol. The van der Waals surface area contributed by atoms with Crippen LogP contribution >= 0.6 is 11.6 Å². The Balaban J connectivity index is 1.80. The lowest BCUT2D eigenvalue weighted by Crippen LogP contribution is -2.47. The lowest BCUT2D eigenvalue weighted by molar-refractivity contribution is 0.0936. The number of hydrogen-bond donors (Lipinski definition) is 1. The number of para-hydroxylation sites is 1. The molecule has 2 aromatic heterocycles. The second kappa shape index (κ2) is 11.5. The third kappa shape index (κ3) is 5.37. The van der Waals surface area contributed by atoms with Gasteiger partial charge in [0.1, 0.15) is 5.82 Å². The van der Waals surface area contributed by atoms with Gasteiger partial charge in [0.2, 0.25) is 0 Å². The van der Waals surface area contributed by atoms with Gasteiger partial charge in [0.15, 0.2) is 0 Å². The van der Waals surface area contributed by atoms with Gasteiger partial charge in [-0.25, -0.2) is 4.98 Å². The fourth-order valence-corrected chi connectivity index (χ4v) is 4.68. The number of pyridine rings is 2. The Morgan fingerprint density at radius 2 is 1.92 bits per heavy atom. The Morgan fingerprint density at radius 3 is 2.58 bits per heavy atom. The molecule has 0 saturated carbocycles. The molecule has 1 aliphatic heterocycles. The van der Waals surface area contributed by atoms with Crippen molar-refractivity contribution in [2.24, 2.45) is 0 Å². The van der Waals surface area contributed by atoms with E-state index in [1.54, 1.807) is 29.8 Å². The van der Waals surface area contributed by atoms with E-state index < -0.39 is 6.04 Å². The Bertz CT molecular complexity index is 1410. The Kier molecular flexibility index (Phi) is 8.23. The molecule has 3 heterocycles. The number of anilines is 1. The molecule has 3 aromatic rings. The van der Waals surface area contributed by atoms with E-state index in [2.05, 4.69) is 15.2 Å². The van der Waals surface area contributed by atoms with E-state index in [1.165, 1.54) is 0 Å². The summed E-state index contributed by atoms with van der Waals surface area (Å²) in [5.74, 6) is 0.378. The van der Waals surface area contributed by atoms with E-state index in [9.17, 15) is 9.59 Å². The van der Waals surface area contributed by atoms with Crippen molar-refractivity contribution in [3.05, 3.63) is 86.8 Å². The summed E-state index contributed by atoms with van der Waals surface area (Å²) in [5, 5.41) is 4.75. The van der Waals surface area contributed by atoms with Crippen LogP contribution in [0.25, 0.3) is 16.8 Å². The van der Waals surface area contributed by atoms with E-state index in [-0.39, 0.29) is 11.5 Å². The van der Waals surface area contributed by atoms with E-state index in [0.29, 0.717) is 59.3 Å². The number of nitrogens with one attached hydrogen (secondary N) is 1. The number of rotatable bonds is 6. The Labute approximate surface area is 215 Å². The van der Waals surface area contributed by atoms with Crippen molar-refractivity contribution in [2.75, 3.05) is 31.2 Å². The van der Waals surface area contributed by atoms with E-state index >= 15 is 0 Å². The van der Waals surface area contributed by atoms with E-state index in [4.69, 9.17) is 16.3 Å². The molecule has 1 fully saturated rings. The number of carbonyl (C=O) groups excluding carboxylic acids is 1. The van der Waals surface area contributed by atoms with Crippen molar-refractivity contribution in [2.45, 2.75) is 33.2 Å². The molecule has 8 heteroatoms. The molecule has 4 rings (SSSR count). The average Bonchev–Trinajstić information content (AvgIpc) is 2.89. The van der Waals surface area contributed by atoms with Crippen LogP contribution in [0.3, 0.4) is 0 Å². The third-order valence-electron chi connectivity index (χ3n) is 6.18. The largest absolute Gasteiger partial charge is 0.378 e. The summed E-state index contributed by atoms with van der Waals surface area (Å²) in [6.45, 7) is 8.15. The highest BCUT2D eigenvalue weighted by atomic mass is 35.5. The van der Waals surface area contributed by atoms with E-state index in [0.717, 1.165) is 11.6 Å². The van der Waals surface area contributed by atoms with Crippen molar-refractivity contribution in [3.63, 3.8) is 0 Å². The van der Waals surface area contributed by atoms with Crippen molar-refractivity contribution >= 4 is 34.4 Å². The topological polar surface area (TPSA) is 76.5 Å². The number of amides is 1. The van der Waals surface area contributed by atoms with Crippen LogP contribution in [0.1, 0.15) is 49.3 Å². The zero-order valence-electron chi connectivity index (χ0n) is 20.8. The summed E-state index contributed by atoms with van der Waals surface area (Å²) in [6.07, 6.45) is 4.41.